The molecule has 2 atom stereocenters. The Balaban J connectivity index is 1.41. The zero-order valence-electron chi connectivity index (χ0n) is 22.8. The minimum atomic E-state index is -0.453. The number of carbonyl (C=O) groups is 2. The molecule has 0 aromatic heterocycles. The van der Waals surface area contributed by atoms with Gasteiger partial charge in [-0.3, -0.25) is 9.59 Å². The van der Waals surface area contributed by atoms with Crippen molar-refractivity contribution in [2.45, 2.75) is 72.3 Å². The first kappa shape index (κ1) is 26.5. The second kappa shape index (κ2) is 10.4. The van der Waals surface area contributed by atoms with Crippen LogP contribution in [0, 0.1) is 20.8 Å². The highest BCUT2D eigenvalue weighted by molar-refractivity contribution is 5.86. The Labute approximate surface area is 218 Å². The number of hydrogen-bond acceptors (Lipinski definition) is 6. The summed E-state index contributed by atoms with van der Waals surface area (Å²) in [5.41, 5.74) is 4.38. The van der Waals surface area contributed by atoms with Gasteiger partial charge in [0.25, 0.3) is 0 Å². The van der Waals surface area contributed by atoms with Crippen molar-refractivity contribution in [3.63, 3.8) is 0 Å². The zero-order valence-corrected chi connectivity index (χ0v) is 22.8. The molecule has 3 aromatic carbocycles. The molecular weight excluding hydrogens is 468 g/mol. The fourth-order valence-corrected chi connectivity index (χ4v) is 5.02. The number of ether oxygens (including phenoxy) is 4. The highest BCUT2D eigenvalue weighted by Gasteiger charge is 2.35. The molecule has 0 amide bonds. The van der Waals surface area contributed by atoms with E-state index in [1.165, 1.54) is 6.92 Å². The summed E-state index contributed by atoms with van der Waals surface area (Å²) < 4.78 is 23.0. The predicted molar refractivity (Wildman–Crippen MR) is 144 cm³/mol. The Kier molecular flexibility index (Phi) is 7.49. The number of carbonyl (C=O) groups excluding carboxylic acids is 2. The number of esters is 2. The number of methoxy groups -OCH3 is 1. The van der Waals surface area contributed by atoms with E-state index in [4.69, 9.17) is 18.9 Å². The van der Waals surface area contributed by atoms with Crippen LogP contribution in [0.15, 0.2) is 36.4 Å². The van der Waals surface area contributed by atoms with Gasteiger partial charge in [-0.25, -0.2) is 0 Å². The van der Waals surface area contributed by atoms with Gasteiger partial charge >= 0.3 is 11.9 Å². The Bertz CT molecular complexity index is 1360. The van der Waals surface area contributed by atoms with Crippen molar-refractivity contribution in [2.24, 2.45) is 0 Å². The molecule has 0 bridgehead atoms. The van der Waals surface area contributed by atoms with Crippen LogP contribution in [-0.2, 0) is 20.7 Å². The van der Waals surface area contributed by atoms with E-state index in [-0.39, 0.29) is 24.5 Å². The molecule has 2 unspecified atom stereocenters. The van der Waals surface area contributed by atoms with Crippen molar-refractivity contribution in [3.8, 4) is 17.2 Å². The van der Waals surface area contributed by atoms with Gasteiger partial charge in [0.1, 0.15) is 22.8 Å². The fourth-order valence-electron chi connectivity index (χ4n) is 5.02. The van der Waals surface area contributed by atoms with Crippen LogP contribution >= 0.6 is 0 Å². The van der Waals surface area contributed by atoms with Crippen molar-refractivity contribution < 1.29 is 28.5 Å². The molecule has 3 aromatic rings. The molecule has 196 valence electrons. The van der Waals surface area contributed by atoms with Gasteiger partial charge in [-0.15, -0.1) is 0 Å². The smallest absolute Gasteiger partial charge is 0.313 e. The molecule has 1 heterocycles. The summed E-state index contributed by atoms with van der Waals surface area (Å²) in [6.45, 7) is 11.5. The first-order chi connectivity index (χ1) is 17.5. The standard InChI is InChI=1S/C31H36O6/c1-18-19(2)29-27(21(4)28(18)36-22(5)32)12-13-31(6,37-29)14-15-35-30(33)20(3)23-8-9-25-17-26(34-7)11-10-24(25)16-23/h8-11,16-17,20H,12-15H2,1-7H3. The maximum absolute atomic E-state index is 12.9. The van der Waals surface area contributed by atoms with Crippen molar-refractivity contribution in [3.05, 3.63) is 64.2 Å². The molecule has 1 aliphatic rings. The van der Waals surface area contributed by atoms with Crippen LogP contribution in [-0.4, -0.2) is 31.3 Å². The van der Waals surface area contributed by atoms with Gasteiger partial charge in [0.15, 0.2) is 0 Å². The lowest BCUT2D eigenvalue weighted by atomic mass is 9.85. The minimum Gasteiger partial charge on any atom is -0.497 e. The Morgan fingerprint density at radius 2 is 1.73 bits per heavy atom. The summed E-state index contributed by atoms with van der Waals surface area (Å²) in [5, 5.41) is 2.12. The quantitative estimate of drug-likeness (QED) is 0.269. The summed E-state index contributed by atoms with van der Waals surface area (Å²) in [7, 11) is 1.65. The third kappa shape index (κ3) is 5.43. The molecule has 1 aliphatic heterocycles. The van der Waals surface area contributed by atoms with Crippen LogP contribution in [0.1, 0.15) is 67.3 Å². The number of hydrogen-bond donors (Lipinski definition) is 0. The molecule has 0 aliphatic carbocycles. The van der Waals surface area contributed by atoms with Gasteiger partial charge in [-0.1, -0.05) is 24.3 Å². The lowest BCUT2D eigenvalue weighted by Crippen LogP contribution is -2.38. The van der Waals surface area contributed by atoms with Gasteiger partial charge in [0.05, 0.1) is 19.6 Å². The molecule has 6 heteroatoms. The highest BCUT2D eigenvalue weighted by Crippen LogP contribution is 2.44. The van der Waals surface area contributed by atoms with Crippen molar-refractivity contribution >= 4 is 22.7 Å². The Morgan fingerprint density at radius 3 is 2.43 bits per heavy atom. The Morgan fingerprint density at radius 1 is 1.03 bits per heavy atom. The summed E-state index contributed by atoms with van der Waals surface area (Å²) in [6, 6.07) is 11.9. The third-order valence-electron chi connectivity index (χ3n) is 7.61. The summed E-state index contributed by atoms with van der Waals surface area (Å²) in [6.07, 6.45) is 2.18. The first-order valence-corrected chi connectivity index (χ1v) is 12.8. The molecule has 37 heavy (non-hydrogen) atoms. The SMILES string of the molecule is COc1ccc2cc(C(C)C(=O)OCCC3(C)CCc4c(C)c(OC(C)=O)c(C)c(C)c4O3)ccc2c1. The average molecular weight is 505 g/mol. The summed E-state index contributed by atoms with van der Waals surface area (Å²) >= 11 is 0. The molecule has 0 N–H and O–H groups in total. The average Bonchev–Trinajstić information content (AvgIpc) is 2.88. The number of rotatable bonds is 7. The van der Waals surface area contributed by atoms with Gasteiger partial charge in [-0.05, 0) is 92.6 Å². The number of fused-ring (bicyclic) bond motifs is 2. The van der Waals surface area contributed by atoms with E-state index in [1.54, 1.807) is 7.11 Å². The molecule has 0 saturated carbocycles. The first-order valence-electron chi connectivity index (χ1n) is 12.8. The molecule has 4 rings (SSSR count). The third-order valence-corrected chi connectivity index (χ3v) is 7.61. The van der Waals surface area contributed by atoms with E-state index in [9.17, 15) is 9.59 Å². The number of benzene rings is 3. The molecule has 0 radical (unpaired) electrons. The second-order valence-electron chi connectivity index (χ2n) is 10.3. The topological polar surface area (TPSA) is 71.1 Å². The summed E-state index contributed by atoms with van der Waals surface area (Å²) in [4.78, 5) is 24.5. The molecule has 0 fully saturated rings. The Hall–Kier alpha value is -3.54. The van der Waals surface area contributed by atoms with Gasteiger partial charge < -0.3 is 18.9 Å². The summed E-state index contributed by atoms with van der Waals surface area (Å²) in [5.74, 6) is 1.34. The van der Waals surface area contributed by atoms with Crippen molar-refractivity contribution in [1.29, 1.82) is 0 Å². The maximum Gasteiger partial charge on any atom is 0.313 e. The van der Waals surface area contributed by atoms with E-state index < -0.39 is 5.60 Å². The van der Waals surface area contributed by atoms with E-state index in [0.29, 0.717) is 12.2 Å². The van der Waals surface area contributed by atoms with Crippen LogP contribution < -0.4 is 14.2 Å². The van der Waals surface area contributed by atoms with Crippen molar-refractivity contribution in [2.75, 3.05) is 13.7 Å². The normalized spacial score (nSPS) is 17.5. The van der Waals surface area contributed by atoms with E-state index in [0.717, 1.165) is 62.9 Å². The second-order valence-corrected chi connectivity index (χ2v) is 10.3. The predicted octanol–water partition coefficient (Wildman–Crippen LogP) is 6.52. The van der Waals surface area contributed by atoms with Crippen LogP contribution in [0.5, 0.6) is 17.2 Å². The van der Waals surface area contributed by atoms with E-state index in [1.807, 2.05) is 64.1 Å². The molecular formula is C31H36O6. The largest absolute Gasteiger partial charge is 0.497 e. The lowest BCUT2D eigenvalue weighted by Gasteiger charge is -2.38. The van der Waals surface area contributed by atoms with Gasteiger partial charge in [0, 0.05) is 18.9 Å². The molecule has 6 nitrogen and oxygen atoms in total. The van der Waals surface area contributed by atoms with Crippen LogP contribution in [0.3, 0.4) is 0 Å². The van der Waals surface area contributed by atoms with E-state index in [2.05, 4.69) is 6.92 Å². The monoisotopic (exact) mass is 504 g/mol. The van der Waals surface area contributed by atoms with E-state index >= 15 is 0 Å². The van der Waals surface area contributed by atoms with Gasteiger partial charge in [-0.2, -0.15) is 0 Å². The lowest BCUT2D eigenvalue weighted by molar-refractivity contribution is -0.146. The van der Waals surface area contributed by atoms with Crippen molar-refractivity contribution in [1.82, 2.24) is 0 Å². The maximum atomic E-state index is 12.9. The molecule has 0 spiro atoms. The zero-order chi connectivity index (χ0) is 26.9. The van der Waals surface area contributed by atoms with Gasteiger partial charge in [0.2, 0.25) is 0 Å². The molecule has 0 saturated heterocycles. The highest BCUT2D eigenvalue weighted by atomic mass is 16.5. The minimum absolute atomic E-state index is 0.249. The van der Waals surface area contributed by atoms with Crippen LogP contribution in [0.25, 0.3) is 10.8 Å². The van der Waals surface area contributed by atoms with Crippen LogP contribution in [0.4, 0.5) is 0 Å². The fraction of sp³-hybridized carbons (Fsp3) is 0.419. The van der Waals surface area contributed by atoms with Crippen LogP contribution in [0.2, 0.25) is 0 Å².